The van der Waals surface area contributed by atoms with Gasteiger partial charge in [-0.05, 0) is 65.6 Å². The molecule has 0 heterocycles. The molecule has 0 bridgehead atoms. The number of Topliss-reactive ketones (excluding diaryl/α,β-unsaturated/α-hetero) is 1. The summed E-state index contributed by atoms with van der Waals surface area (Å²) in [5.74, 6) is -3.35. The highest BCUT2D eigenvalue weighted by Gasteiger charge is 2.76. The maximum Gasteiger partial charge on any atom is 0.192 e. The molecule has 3 saturated carbocycles. The van der Waals surface area contributed by atoms with Gasteiger partial charge in [0.05, 0.1) is 10.6 Å². The van der Waals surface area contributed by atoms with Crippen molar-refractivity contribution in [3.63, 3.8) is 0 Å². The molecule has 0 aromatic carbocycles. The fourth-order valence-electron chi connectivity index (χ4n) is 7.31. The predicted molar refractivity (Wildman–Crippen MR) is 108 cm³/mol. The largest absolute Gasteiger partial charge is 0.390 e. The van der Waals surface area contributed by atoms with Crippen molar-refractivity contribution in [3.8, 4) is 0 Å². The molecule has 3 fully saturated rings. The van der Waals surface area contributed by atoms with E-state index in [1.54, 1.807) is 13.8 Å². The Morgan fingerprint density at radius 1 is 1.30 bits per heavy atom. The molecule has 4 rings (SSSR count). The summed E-state index contributed by atoms with van der Waals surface area (Å²) in [6, 6.07) is 0. The number of aliphatic hydroxyl groups is 3. The summed E-state index contributed by atoms with van der Waals surface area (Å²) in [6.45, 7) is 3.94. The van der Waals surface area contributed by atoms with Crippen LogP contribution in [0.3, 0.4) is 0 Å². The third-order valence-electron chi connectivity index (χ3n) is 8.84. The third kappa shape index (κ3) is 2.31. The molecule has 30 heavy (non-hydrogen) atoms. The minimum absolute atomic E-state index is 0.0184. The normalized spacial score (nSPS) is 52.7. The summed E-state index contributed by atoms with van der Waals surface area (Å²) < 4.78 is 32.5. The maximum absolute atomic E-state index is 17.0. The van der Waals surface area contributed by atoms with Gasteiger partial charge in [-0.15, -0.1) is 0 Å². The van der Waals surface area contributed by atoms with Crippen molar-refractivity contribution in [2.75, 3.05) is 6.61 Å². The molecule has 9 atom stereocenters. The van der Waals surface area contributed by atoms with Crippen molar-refractivity contribution in [2.45, 2.75) is 63.6 Å². The average Bonchev–Trinajstić information content (AvgIpc) is 2.87. The topological polar surface area (TPSA) is 94.8 Å². The van der Waals surface area contributed by atoms with Crippen molar-refractivity contribution in [3.05, 3.63) is 22.2 Å². The molecular formula is C22H27BrF2O5. The Balaban J connectivity index is 1.89. The van der Waals surface area contributed by atoms with Crippen LogP contribution >= 0.6 is 15.9 Å². The van der Waals surface area contributed by atoms with E-state index in [1.165, 1.54) is 13.0 Å². The zero-order chi connectivity index (χ0) is 22.4. The van der Waals surface area contributed by atoms with Gasteiger partial charge >= 0.3 is 0 Å². The van der Waals surface area contributed by atoms with Crippen molar-refractivity contribution < 1.29 is 33.7 Å². The number of rotatable bonds is 2. The molecule has 3 N–H and O–H groups in total. The van der Waals surface area contributed by atoms with Gasteiger partial charge in [0, 0.05) is 16.7 Å². The lowest BCUT2D eigenvalue weighted by molar-refractivity contribution is -0.223. The van der Waals surface area contributed by atoms with E-state index in [1.807, 2.05) is 0 Å². The number of hydrogen-bond donors (Lipinski definition) is 3. The second-order valence-corrected chi connectivity index (χ2v) is 10.8. The first kappa shape index (κ1) is 22.2. The Kier molecular flexibility index (Phi) is 4.84. The van der Waals surface area contributed by atoms with Gasteiger partial charge in [0.25, 0.3) is 0 Å². The van der Waals surface area contributed by atoms with Crippen LogP contribution in [0.5, 0.6) is 0 Å². The molecule has 4 aliphatic carbocycles. The van der Waals surface area contributed by atoms with Crippen molar-refractivity contribution in [1.29, 1.82) is 0 Å². The van der Waals surface area contributed by atoms with E-state index in [0.29, 0.717) is 0 Å². The van der Waals surface area contributed by atoms with Crippen LogP contribution in [-0.2, 0) is 9.59 Å². The highest BCUT2D eigenvalue weighted by Crippen LogP contribution is 2.71. The summed E-state index contributed by atoms with van der Waals surface area (Å²) >= 11 is 3.14. The van der Waals surface area contributed by atoms with Crippen molar-refractivity contribution in [2.24, 2.45) is 28.6 Å². The zero-order valence-corrected chi connectivity index (χ0v) is 18.7. The van der Waals surface area contributed by atoms with Crippen LogP contribution in [0.15, 0.2) is 22.2 Å². The number of hydrogen-bond acceptors (Lipinski definition) is 5. The smallest absolute Gasteiger partial charge is 0.192 e. The van der Waals surface area contributed by atoms with Gasteiger partial charge in [0.15, 0.2) is 17.2 Å². The van der Waals surface area contributed by atoms with Crippen LogP contribution in [0, 0.1) is 28.6 Å². The number of carbonyl (C=O) groups is 2. The van der Waals surface area contributed by atoms with Gasteiger partial charge in [-0.25, -0.2) is 8.78 Å². The number of aliphatic hydroxyl groups excluding tert-OH is 2. The van der Waals surface area contributed by atoms with Gasteiger partial charge in [-0.1, -0.05) is 19.9 Å². The molecule has 0 amide bonds. The lowest BCUT2D eigenvalue weighted by atomic mass is 9.44. The number of allylic oxidation sites excluding steroid dienone is 4. The highest BCUT2D eigenvalue weighted by atomic mass is 79.9. The lowest BCUT2D eigenvalue weighted by Gasteiger charge is -2.63. The fourth-order valence-corrected chi connectivity index (χ4v) is 7.88. The number of fused-ring (bicyclic) bond motifs is 5. The Morgan fingerprint density at radius 2 is 1.93 bits per heavy atom. The van der Waals surface area contributed by atoms with E-state index in [2.05, 4.69) is 15.9 Å². The fraction of sp³-hybridized carbons (Fsp3) is 0.727. The minimum Gasteiger partial charge on any atom is -0.390 e. The van der Waals surface area contributed by atoms with Gasteiger partial charge in [0.2, 0.25) is 0 Å². The molecular weight excluding hydrogens is 462 g/mol. The Bertz CT molecular complexity index is 889. The highest BCUT2D eigenvalue weighted by molar-refractivity contribution is 9.12. The molecule has 0 saturated heterocycles. The van der Waals surface area contributed by atoms with Gasteiger partial charge in [0.1, 0.15) is 18.4 Å². The first-order valence-corrected chi connectivity index (χ1v) is 11.1. The molecule has 166 valence electrons. The van der Waals surface area contributed by atoms with E-state index in [-0.39, 0.29) is 29.3 Å². The average molecular weight is 489 g/mol. The summed E-state index contributed by atoms with van der Waals surface area (Å²) in [5.41, 5.74) is -6.96. The maximum atomic E-state index is 17.0. The molecule has 8 heteroatoms. The van der Waals surface area contributed by atoms with Crippen molar-refractivity contribution in [1.82, 2.24) is 0 Å². The van der Waals surface area contributed by atoms with Crippen LogP contribution in [-0.4, -0.2) is 57.0 Å². The van der Waals surface area contributed by atoms with Crippen molar-refractivity contribution >= 4 is 27.5 Å². The van der Waals surface area contributed by atoms with E-state index in [4.69, 9.17) is 0 Å². The van der Waals surface area contributed by atoms with E-state index >= 15 is 8.78 Å². The summed E-state index contributed by atoms with van der Waals surface area (Å²) in [5, 5.41) is 32.0. The molecule has 5 nitrogen and oxygen atoms in total. The first-order chi connectivity index (χ1) is 13.8. The molecule has 0 radical (unpaired) electrons. The van der Waals surface area contributed by atoms with E-state index < -0.39 is 70.3 Å². The van der Waals surface area contributed by atoms with Gasteiger partial charge < -0.3 is 15.3 Å². The molecule has 0 aliphatic heterocycles. The zero-order valence-electron chi connectivity index (χ0n) is 17.2. The molecule has 0 spiro atoms. The SMILES string of the molecule is C[C@@H]1C[C@H]2[C@@H]3C[C@@H](F)C4=CC(=O)C(Br)=C[C@]4(C)[C@@]3(F)[C@@H](O)C[C@]2(C)[C@@]1(O)C(=O)CO. The quantitative estimate of drug-likeness (QED) is 0.555. The molecule has 0 unspecified atom stereocenters. The molecule has 4 aliphatic rings. The minimum atomic E-state index is -2.28. The van der Waals surface area contributed by atoms with Crippen LogP contribution in [0.1, 0.15) is 40.0 Å². The Hall–Kier alpha value is -0.960. The lowest BCUT2D eigenvalue weighted by Crippen LogP contribution is -2.70. The monoisotopic (exact) mass is 488 g/mol. The van der Waals surface area contributed by atoms with E-state index in [9.17, 15) is 24.9 Å². The number of halogens is 3. The van der Waals surface area contributed by atoms with Gasteiger partial charge in [-0.3, -0.25) is 9.59 Å². The second-order valence-electron chi connectivity index (χ2n) is 9.96. The second kappa shape index (κ2) is 6.53. The molecule has 0 aromatic rings. The number of ketones is 2. The summed E-state index contributed by atoms with van der Waals surface area (Å²) in [4.78, 5) is 24.7. The van der Waals surface area contributed by atoms with Gasteiger partial charge in [-0.2, -0.15) is 0 Å². The standard InChI is InChI=1S/C22H27BrF2O5/c1-10-4-11-12-5-15(24)13-6-16(27)14(23)7-19(13,2)21(12,25)17(28)8-20(11,3)22(10,30)18(29)9-26/h6-7,10-12,15,17,26,28,30H,4-5,8-9H2,1-3H3/t10-,11+,12+,15-,17+,19+,20+,21+,22+/m1/s1. The van der Waals surface area contributed by atoms with Crippen LogP contribution in [0.2, 0.25) is 0 Å². The van der Waals surface area contributed by atoms with Crippen LogP contribution in [0.4, 0.5) is 8.78 Å². The summed E-state index contributed by atoms with van der Waals surface area (Å²) in [6.07, 6.45) is -0.892. The van der Waals surface area contributed by atoms with Crippen LogP contribution in [0.25, 0.3) is 0 Å². The first-order valence-electron chi connectivity index (χ1n) is 10.3. The Labute approximate surface area is 182 Å². The van der Waals surface area contributed by atoms with E-state index in [0.717, 1.165) is 6.08 Å². The van der Waals surface area contributed by atoms with Crippen LogP contribution < -0.4 is 0 Å². The summed E-state index contributed by atoms with van der Waals surface area (Å²) in [7, 11) is 0. The Morgan fingerprint density at radius 3 is 2.53 bits per heavy atom. The number of carbonyl (C=O) groups excluding carboxylic acids is 2. The predicted octanol–water partition coefficient (Wildman–Crippen LogP) is 2.57. The number of alkyl halides is 2. The third-order valence-corrected chi connectivity index (χ3v) is 9.46. The molecule has 0 aromatic heterocycles.